The molecule has 0 atom stereocenters. The summed E-state index contributed by atoms with van der Waals surface area (Å²) in [6.45, 7) is 6.30. The zero-order valence-electron chi connectivity index (χ0n) is 15.3. The number of benzene rings is 2. The van der Waals surface area contributed by atoms with Gasteiger partial charge in [0.05, 0.1) is 0 Å². The molecule has 2 aromatic carbocycles. The van der Waals surface area contributed by atoms with Crippen LogP contribution in [0.5, 0.6) is 0 Å². The maximum Gasteiger partial charge on any atom is 0.191 e. The molecule has 1 aromatic heterocycles. The third kappa shape index (κ3) is 4.07. The van der Waals surface area contributed by atoms with E-state index in [-0.39, 0.29) is 5.82 Å². The molecule has 3 aromatic rings. The van der Waals surface area contributed by atoms with E-state index < -0.39 is 0 Å². The van der Waals surface area contributed by atoms with E-state index in [1.54, 1.807) is 23.9 Å². The molecular formula is C20H23FN4S. The summed E-state index contributed by atoms with van der Waals surface area (Å²) in [4.78, 5) is 2.31. The van der Waals surface area contributed by atoms with Crippen LogP contribution in [0.2, 0.25) is 0 Å². The quantitative estimate of drug-likeness (QED) is 0.562. The maximum absolute atomic E-state index is 13.0. The van der Waals surface area contributed by atoms with Gasteiger partial charge in [-0.3, -0.25) is 0 Å². The van der Waals surface area contributed by atoms with Crippen molar-refractivity contribution in [3.63, 3.8) is 0 Å². The Kier molecular flexibility index (Phi) is 5.93. The average Bonchev–Trinajstić information content (AvgIpc) is 3.03. The Hall–Kier alpha value is -2.34. The van der Waals surface area contributed by atoms with Crippen LogP contribution in [0.15, 0.2) is 53.7 Å². The second-order valence-electron chi connectivity index (χ2n) is 6.00. The van der Waals surface area contributed by atoms with E-state index in [2.05, 4.69) is 53.2 Å². The number of nitrogens with zero attached hydrogens (tertiary/aromatic N) is 4. The lowest BCUT2D eigenvalue weighted by Crippen LogP contribution is -2.21. The van der Waals surface area contributed by atoms with Crippen LogP contribution in [-0.4, -0.2) is 27.9 Å². The predicted molar refractivity (Wildman–Crippen MR) is 106 cm³/mol. The van der Waals surface area contributed by atoms with E-state index in [0.29, 0.717) is 0 Å². The van der Waals surface area contributed by atoms with Crippen molar-refractivity contribution in [1.29, 1.82) is 0 Å². The summed E-state index contributed by atoms with van der Waals surface area (Å²) in [7, 11) is 1.97. The van der Waals surface area contributed by atoms with Gasteiger partial charge in [-0.25, -0.2) is 4.39 Å². The Labute approximate surface area is 158 Å². The minimum Gasteiger partial charge on any atom is -0.372 e. The van der Waals surface area contributed by atoms with E-state index in [0.717, 1.165) is 41.0 Å². The second kappa shape index (κ2) is 8.36. The van der Waals surface area contributed by atoms with Crippen LogP contribution >= 0.6 is 11.8 Å². The van der Waals surface area contributed by atoms with Gasteiger partial charge in [0.1, 0.15) is 5.82 Å². The monoisotopic (exact) mass is 370 g/mol. The highest BCUT2D eigenvalue weighted by Crippen LogP contribution is 2.26. The molecule has 0 spiro atoms. The van der Waals surface area contributed by atoms with Gasteiger partial charge in [0.2, 0.25) is 0 Å². The summed E-state index contributed by atoms with van der Waals surface area (Å²) in [5, 5.41) is 9.50. The van der Waals surface area contributed by atoms with E-state index in [1.807, 2.05) is 11.6 Å². The Morgan fingerprint density at radius 1 is 0.962 bits per heavy atom. The lowest BCUT2D eigenvalue weighted by Gasteiger charge is -2.21. The van der Waals surface area contributed by atoms with E-state index in [4.69, 9.17) is 0 Å². The lowest BCUT2D eigenvalue weighted by atomic mass is 10.2. The van der Waals surface area contributed by atoms with E-state index in [1.165, 1.54) is 17.8 Å². The molecule has 4 nitrogen and oxygen atoms in total. The van der Waals surface area contributed by atoms with Crippen LogP contribution in [0.1, 0.15) is 19.4 Å². The minimum absolute atomic E-state index is 0.215. The minimum atomic E-state index is -0.215. The average molecular weight is 370 g/mol. The van der Waals surface area contributed by atoms with Crippen molar-refractivity contribution in [2.45, 2.75) is 24.8 Å². The zero-order chi connectivity index (χ0) is 18.5. The molecule has 0 N–H and O–H groups in total. The Bertz CT molecular complexity index is 839. The number of rotatable bonds is 7. The first kappa shape index (κ1) is 18.5. The summed E-state index contributed by atoms with van der Waals surface area (Å²) >= 11 is 1.60. The van der Waals surface area contributed by atoms with Crippen LogP contribution in [-0.2, 0) is 12.8 Å². The van der Waals surface area contributed by atoms with Gasteiger partial charge in [-0.05, 0) is 55.8 Å². The molecule has 1 heterocycles. The van der Waals surface area contributed by atoms with Crippen LogP contribution in [0.4, 0.5) is 10.1 Å². The Morgan fingerprint density at radius 3 is 2.23 bits per heavy atom. The smallest absolute Gasteiger partial charge is 0.191 e. The van der Waals surface area contributed by atoms with Crippen molar-refractivity contribution < 1.29 is 4.39 Å². The van der Waals surface area contributed by atoms with Crippen molar-refractivity contribution >= 4 is 17.4 Å². The molecule has 0 radical (unpaired) electrons. The molecule has 0 amide bonds. The topological polar surface area (TPSA) is 34.0 Å². The van der Waals surface area contributed by atoms with Crippen molar-refractivity contribution in [3.8, 4) is 11.4 Å². The molecule has 6 heteroatoms. The zero-order valence-corrected chi connectivity index (χ0v) is 16.1. The number of aromatic nitrogens is 3. The van der Waals surface area contributed by atoms with Crippen molar-refractivity contribution in [2.75, 3.05) is 18.0 Å². The molecular weight excluding hydrogens is 347 g/mol. The highest BCUT2D eigenvalue weighted by Gasteiger charge is 2.12. The molecule has 0 aliphatic rings. The molecule has 0 bridgehead atoms. The van der Waals surface area contributed by atoms with Gasteiger partial charge in [0.25, 0.3) is 0 Å². The number of hydrogen-bond donors (Lipinski definition) is 0. The summed E-state index contributed by atoms with van der Waals surface area (Å²) in [6.07, 6.45) is 0. The van der Waals surface area contributed by atoms with Crippen LogP contribution < -0.4 is 4.90 Å². The molecule has 0 saturated carbocycles. The molecule has 0 aliphatic carbocycles. The standard InChI is InChI=1S/C20H23FN4S/c1-4-25(5-2)18-12-8-16(9-13-18)19-22-23-20(24(19)3)26-14-15-6-10-17(21)11-7-15/h6-13H,4-5,14H2,1-3H3. The first-order valence-electron chi connectivity index (χ1n) is 8.74. The van der Waals surface area contributed by atoms with Crippen LogP contribution in [0.25, 0.3) is 11.4 Å². The first-order valence-corrected chi connectivity index (χ1v) is 9.73. The normalized spacial score (nSPS) is 10.9. The van der Waals surface area contributed by atoms with Gasteiger partial charge >= 0.3 is 0 Å². The third-order valence-electron chi connectivity index (χ3n) is 4.37. The van der Waals surface area contributed by atoms with Gasteiger partial charge in [-0.15, -0.1) is 10.2 Å². The van der Waals surface area contributed by atoms with E-state index in [9.17, 15) is 4.39 Å². The SMILES string of the molecule is CCN(CC)c1ccc(-c2nnc(SCc3ccc(F)cc3)n2C)cc1. The van der Waals surface area contributed by atoms with Gasteiger partial charge in [0.15, 0.2) is 11.0 Å². The number of hydrogen-bond acceptors (Lipinski definition) is 4. The third-order valence-corrected chi connectivity index (χ3v) is 5.46. The molecule has 136 valence electrons. The lowest BCUT2D eigenvalue weighted by molar-refractivity contribution is 0.627. The van der Waals surface area contributed by atoms with E-state index >= 15 is 0 Å². The number of anilines is 1. The predicted octanol–water partition coefficient (Wildman–Crippen LogP) is 4.76. The summed E-state index contributed by atoms with van der Waals surface area (Å²) in [5.74, 6) is 1.36. The van der Waals surface area contributed by atoms with Crippen LogP contribution in [0.3, 0.4) is 0 Å². The van der Waals surface area contributed by atoms with Crippen molar-refractivity contribution in [1.82, 2.24) is 14.8 Å². The summed E-state index contributed by atoms with van der Waals surface area (Å²) in [6, 6.07) is 15.0. The van der Waals surface area contributed by atoms with Crippen molar-refractivity contribution in [2.24, 2.45) is 7.05 Å². The van der Waals surface area contributed by atoms with Crippen LogP contribution in [0, 0.1) is 5.82 Å². The van der Waals surface area contributed by atoms with Gasteiger partial charge in [-0.2, -0.15) is 0 Å². The number of thioether (sulfide) groups is 1. The fourth-order valence-electron chi connectivity index (χ4n) is 2.83. The fourth-order valence-corrected chi connectivity index (χ4v) is 3.70. The highest BCUT2D eigenvalue weighted by atomic mass is 32.2. The molecule has 3 rings (SSSR count). The van der Waals surface area contributed by atoms with Gasteiger partial charge < -0.3 is 9.47 Å². The Balaban J connectivity index is 1.73. The fraction of sp³-hybridized carbons (Fsp3) is 0.300. The largest absolute Gasteiger partial charge is 0.372 e. The van der Waals surface area contributed by atoms with Gasteiger partial charge in [-0.1, -0.05) is 23.9 Å². The molecule has 0 fully saturated rings. The first-order chi connectivity index (χ1) is 12.6. The Morgan fingerprint density at radius 2 is 1.62 bits per heavy atom. The maximum atomic E-state index is 13.0. The van der Waals surface area contributed by atoms with Gasteiger partial charge in [0, 0.05) is 37.1 Å². The summed E-state index contributed by atoms with van der Waals surface area (Å²) in [5.41, 5.74) is 3.32. The summed E-state index contributed by atoms with van der Waals surface area (Å²) < 4.78 is 15.0. The molecule has 0 saturated heterocycles. The molecule has 26 heavy (non-hydrogen) atoms. The molecule has 0 aliphatic heterocycles. The highest BCUT2D eigenvalue weighted by molar-refractivity contribution is 7.98. The second-order valence-corrected chi connectivity index (χ2v) is 6.94. The van der Waals surface area contributed by atoms with Crippen molar-refractivity contribution in [3.05, 3.63) is 59.9 Å². The number of halogens is 1. The molecule has 0 unspecified atom stereocenters.